The van der Waals surface area contributed by atoms with Gasteiger partial charge in [-0.15, -0.1) is 0 Å². The number of phosphoric ester groups is 1. The molecular formula is C46H93N2O6P. The lowest BCUT2D eigenvalue weighted by Gasteiger charge is -2.23. The third kappa shape index (κ3) is 41.2. The lowest BCUT2D eigenvalue weighted by atomic mass is 10.0. The molecule has 0 heterocycles. The number of phosphoric acid groups is 1. The Hall–Kier alpha value is -0.760. The molecule has 3 atom stereocenters. The van der Waals surface area contributed by atoms with E-state index in [1.165, 1.54) is 186 Å². The summed E-state index contributed by atoms with van der Waals surface area (Å²) in [6.07, 6.45) is 48.3. The fraction of sp³-hybridized carbons (Fsp3) is 0.935. The lowest BCUT2D eigenvalue weighted by Crippen LogP contribution is -2.45. The van der Waals surface area contributed by atoms with Crippen molar-refractivity contribution < 1.29 is 28.4 Å². The summed E-state index contributed by atoms with van der Waals surface area (Å²) in [5, 5.41) is 13.7. The van der Waals surface area contributed by atoms with Crippen LogP contribution in [0.5, 0.6) is 0 Å². The molecule has 1 amide bonds. The van der Waals surface area contributed by atoms with E-state index in [1.807, 2.05) is 6.08 Å². The zero-order valence-electron chi connectivity index (χ0n) is 36.4. The van der Waals surface area contributed by atoms with Crippen LogP contribution in [0.15, 0.2) is 12.2 Å². The first kappa shape index (κ1) is 54.2. The third-order valence-corrected chi connectivity index (χ3v) is 11.8. The molecule has 55 heavy (non-hydrogen) atoms. The van der Waals surface area contributed by atoms with Gasteiger partial charge >= 0.3 is 7.82 Å². The first-order valence-corrected chi connectivity index (χ1v) is 25.3. The first-order chi connectivity index (χ1) is 26.9. The summed E-state index contributed by atoms with van der Waals surface area (Å²) in [6.45, 7) is 4.17. The summed E-state index contributed by atoms with van der Waals surface area (Å²) in [4.78, 5) is 22.7. The number of hydrogen-bond acceptors (Lipinski definition) is 6. The van der Waals surface area contributed by atoms with Crippen LogP contribution in [0.3, 0.4) is 0 Å². The average molecular weight is 801 g/mol. The van der Waals surface area contributed by atoms with Gasteiger partial charge in [0.05, 0.1) is 25.4 Å². The highest BCUT2D eigenvalue weighted by molar-refractivity contribution is 7.47. The van der Waals surface area contributed by atoms with Crippen molar-refractivity contribution in [2.75, 3.05) is 19.8 Å². The fourth-order valence-electron chi connectivity index (χ4n) is 7.25. The Morgan fingerprint density at radius 1 is 0.582 bits per heavy atom. The molecule has 0 bridgehead atoms. The van der Waals surface area contributed by atoms with Crippen molar-refractivity contribution >= 4 is 13.7 Å². The van der Waals surface area contributed by atoms with Crippen molar-refractivity contribution in [3.05, 3.63) is 12.2 Å². The second-order valence-corrected chi connectivity index (χ2v) is 17.8. The van der Waals surface area contributed by atoms with Crippen molar-refractivity contribution in [3.63, 3.8) is 0 Å². The Morgan fingerprint density at radius 2 is 0.927 bits per heavy atom. The Bertz CT molecular complexity index is 875. The first-order valence-electron chi connectivity index (χ1n) is 23.8. The number of rotatable bonds is 45. The minimum absolute atomic E-state index is 0.0815. The van der Waals surface area contributed by atoms with Crippen LogP contribution in [0.1, 0.15) is 245 Å². The van der Waals surface area contributed by atoms with Crippen LogP contribution >= 0.6 is 7.82 Å². The number of carbonyl (C=O) groups excluding carboxylic acids is 1. The molecule has 0 saturated heterocycles. The summed E-state index contributed by atoms with van der Waals surface area (Å²) < 4.78 is 22.2. The van der Waals surface area contributed by atoms with E-state index in [1.54, 1.807) is 6.08 Å². The molecule has 8 nitrogen and oxygen atoms in total. The van der Waals surface area contributed by atoms with Gasteiger partial charge < -0.3 is 21.1 Å². The molecule has 0 spiro atoms. The van der Waals surface area contributed by atoms with Crippen LogP contribution in [0.25, 0.3) is 0 Å². The smallest absolute Gasteiger partial charge is 0.387 e. The molecule has 0 aromatic carbocycles. The number of aliphatic hydroxyl groups excluding tert-OH is 1. The summed E-state index contributed by atoms with van der Waals surface area (Å²) >= 11 is 0. The third-order valence-electron chi connectivity index (χ3n) is 10.9. The van der Waals surface area contributed by atoms with Crippen LogP contribution in [-0.4, -0.2) is 47.8 Å². The topological polar surface area (TPSA) is 131 Å². The Morgan fingerprint density at radius 3 is 1.29 bits per heavy atom. The molecule has 0 saturated carbocycles. The van der Waals surface area contributed by atoms with Crippen LogP contribution in [-0.2, 0) is 18.4 Å². The maximum absolute atomic E-state index is 12.8. The van der Waals surface area contributed by atoms with Crippen molar-refractivity contribution in [3.8, 4) is 0 Å². The van der Waals surface area contributed by atoms with E-state index < -0.39 is 20.0 Å². The Kier molecular flexibility index (Phi) is 42.2. The number of allylic oxidation sites excluding steroid dienone is 1. The molecule has 5 N–H and O–H groups in total. The SMILES string of the molecule is CCCCCCCCCCCCCCCCCCC/C=C/C(O)C(COP(=O)(O)OCCN)NC(=O)CCCCCCCCCCCCCCCCCCC. The van der Waals surface area contributed by atoms with E-state index in [0.29, 0.717) is 6.42 Å². The number of nitrogens with one attached hydrogen (secondary N) is 1. The average Bonchev–Trinajstić information content (AvgIpc) is 3.17. The molecule has 0 aliphatic rings. The van der Waals surface area contributed by atoms with E-state index in [0.717, 1.165) is 38.5 Å². The number of amides is 1. The minimum Gasteiger partial charge on any atom is -0.387 e. The van der Waals surface area contributed by atoms with Gasteiger partial charge in [0.15, 0.2) is 0 Å². The van der Waals surface area contributed by atoms with Crippen molar-refractivity contribution in [1.82, 2.24) is 5.32 Å². The molecule has 3 unspecified atom stereocenters. The van der Waals surface area contributed by atoms with Gasteiger partial charge in [0.1, 0.15) is 0 Å². The maximum Gasteiger partial charge on any atom is 0.472 e. The molecule has 0 radical (unpaired) electrons. The molecule has 0 aliphatic heterocycles. The van der Waals surface area contributed by atoms with Crippen LogP contribution in [0.4, 0.5) is 0 Å². The quantitative estimate of drug-likeness (QED) is 0.0274. The zero-order chi connectivity index (χ0) is 40.3. The number of carbonyl (C=O) groups is 1. The zero-order valence-corrected chi connectivity index (χ0v) is 37.3. The number of hydrogen-bond donors (Lipinski definition) is 4. The van der Waals surface area contributed by atoms with Gasteiger partial charge in [-0.1, -0.05) is 231 Å². The van der Waals surface area contributed by atoms with Crippen LogP contribution in [0.2, 0.25) is 0 Å². The molecule has 328 valence electrons. The minimum atomic E-state index is -4.34. The van der Waals surface area contributed by atoms with Gasteiger partial charge in [0, 0.05) is 13.0 Å². The lowest BCUT2D eigenvalue weighted by molar-refractivity contribution is -0.123. The largest absolute Gasteiger partial charge is 0.472 e. The van der Waals surface area contributed by atoms with Gasteiger partial charge in [0.25, 0.3) is 0 Å². The second kappa shape index (κ2) is 42.8. The number of nitrogens with two attached hydrogens (primary N) is 1. The van der Waals surface area contributed by atoms with E-state index in [2.05, 4.69) is 19.2 Å². The highest BCUT2D eigenvalue weighted by atomic mass is 31.2. The number of aliphatic hydroxyl groups is 1. The molecule has 0 aromatic heterocycles. The highest BCUT2D eigenvalue weighted by Gasteiger charge is 2.26. The molecule has 0 aromatic rings. The maximum atomic E-state index is 12.8. The van der Waals surface area contributed by atoms with Crippen molar-refractivity contribution in [2.45, 2.75) is 257 Å². The van der Waals surface area contributed by atoms with Gasteiger partial charge in [-0.2, -0.15) is 0 Å². The van der Waals surface area contributed by atoms with Crippen LogP contribution in [0, 0.1) is 0 Å². The summed E-state index contributed by atoms with van der Waals surface area (Å²) in [5.41, 5.74) is 5.38. The summed E-state index contributed by atoms with van der Waals surface area (Å²) in [5.74, 6) is -0.189. The number of unbranched alkanes of at least 4 members (excludes halogenated alkanes) is 33. The van der Waals surface area contributed by atoms with Gasteiger partial charge in [-0.25, -0.2) is 4.57 Å². The fourth-order valence-corrected chi connectivity index (χ4v) is 8.01. The standard InChI is InChI=1S/C46H93N2O6P/c1-3-5-7-9-11-13-15-17-19-21-22-24-25-27-29-31-33-35-37-39-45(49)44(43-54-55(51,52)53-42-41-47)48-46(50)40-38-36-34-32-30-28-26-23-20-18-16-14-12-10-8-6-4-2/h37,39,44-45,49H,3-36,38,40-43,47H2,1-2H3,(H,48,50)(H,51,52)/b39-37+. The van der Waals surface area contributed by atoms with Crippen LogP contribution < -0.4 is 11.1 Å². The monoisotopic (exact) mass is 801 g/mol. The summed E-state index contributed by atoms with van der Waals surface area (Å²) in [6, 6.07) is -0.855. The molecule has 9 heteroatoms. The predicted molar refractivity (Wildman–Crippen MR) is 235 cm³/mol. The Labute approximate surface area is 341 Å². The van der Waals surface area contributed by atoms with E-state index in [4.69, 9.17) is 14.8 Å². The summed E-state index contributed by atoms with van der Waals surface area (Å²) in [7, 11) is -4.34. The van der Waals surface area contributed by atoms with E-state index in [-0.39, 0.29) is 25.7 Å². The van der Waals surface area contributed by atoms with E-state index in [9.17, 15) is 19.4 Å². The molecule has 0 fully saturated rings. The van der Waals surface area contributed by atoms with Gasteiger partial charge in [-0.3, -0.25) is 13.8 Å². The van der Waals surface area contributed by atoms with Gasteiger partial charge in [0.2, 0.25) is 5.91 Å². The van der Waals surface area contributed by atoms with Crippen molar-refractivity contribution in [1.29, 1.82) is 0 Å². The van der Waals surface area contributed by atoms with E-state index >= 15 is 0 Å². The predicted octanol–water partition coefficient (Wildman–Crippen LogP) is 13.6. The highest BCUT2D eigenvalue weighted by Crippen LogP contribution is 2.43. The van der Waals surface area contributed by atoms with Crippen molar-refractivity contribution in [2.24, 2.45) is 5.73 Å². The molecule has 0 rings (SSSR count). The Balaban J connectivity index is 4.13. The molecular weight excluding hydrogens is 707 g/mol. The van der Waals surface area contributed by atoms with Gasteiger partial charge in [-0.05, 0) is 19.3 Å². The normalized spacial score (nSPS) is 14.1. The molecule has 0 aliphatic carbocycles. The second-order valence-electron chi connectivity index (χ2n) is 16.3.